The number of nitrogens with one attached hydrogen (secondary N) is 1. The zero-order valence-corrected chi connectivity index (χ0v) is 13.3. The third-order valence-corrected chi connectivity index (χ3v) is 6.44. The van der Waals surface area contributed by atoms with Crippen molar-refractivity contribution in [3.05, 3.63) is 17.5 Å². The summed E-state index contributed by atoms with van der Waals surface area (Å²) >= 11 is 3.98. The fraction of sp³-hybridized carbons (Fsp3) is 0.733. The second-order valence-electron chi connectivity index (χ2n) is 5.57. The summed E-state index contributed by atoms with van der Waals surface area (Å²) < 4.78 is 1.48. The van der Waals surface area contributed by atoms with Crippen LogP contribution in [0.15, 0.2) is 21.7 Å². The molecule has 1 heterocycles. The van der Waals surface area contributed by atoms with Crippen LogP contribution >= 0.6 is 23.1 Å². The molecule has 1 N–H and O–H groups in total. The largest absolute Gasteiger partial charge is 0.313 e. The number of thioether (sulfide) groups is 1. The molecule has 0 aliphatic heterocycles. The summed E-state index contributed by atoms with van der Waals surface area (Å²) in [5.41, 5.74) is 0. The van der Waals surface area contributed by atoms with Crippen molar-refractivity contribution in [2.45, 2.75) is 55.5 Å². The standard InChI is InChI=1S/C15H25NS2/c1-4-16-13-8-7-12(11(2)3)10-14(13)18-15-6-5-9-17-15/h5-6,9,11-14,16H,4,7-8,10H2,1-3H3. The van der Waals surface area contributed by atoms with Crippen molar-refractivity contribution in [1.29, 1.82) is 0 Å². The topological polar surface area (TPSA) is 12.0 Å². The molecule has 0 spiro atoms. The summed E-state index contributed by atoms with van der Waals surface area (Å²) in [4.78, 5) is 0. The van der Waals surface area contributed by atoms with Gasteiger partial charge in [0.15, 0.2) is 0 Å². The molecule has 1 nitrogen and oxygen atoms in total. The minimum atomic E-state index is 0.706. The second-order valence-corrected chi connectivity index (χ2v) is 8.06. The van der Waals surface area contributed by atoms with Crippen LogP contribution in [0.5, 0.6) is 0 Å². The minimum absolute atomic E-state index is 0.706. The lowest BCUT2D eigenvalue weighted by Crippen LogP contribution is -2.43. The van der Waals surface area contributed by atoms with Gasteiger partial charge in [0.2, 0.25) is 0 Å². The van der Waals surface area contributed by atoms with Crippen molar-refractivity contribution in [3.63, 3.8) is 0 Å². The summed E-state index contributed by atoms with van der Waals surface area (Å²) in [5, 5.41) is 6.63. The number of rotatable bonds is 5. The Morgan fingerprint density at radius 3 is 2.89 bits per heavy atom. The van der Waals surface area contributed by atoms with Gasteiger partial charge in [0.1, 0.15) is 0 Å². The van der Waals surface area contributed by atoms with Gasteiger partial charge in [-0.25, -0.2) is 0 Å². The third kappa shape index (κ3) is 3.75. The number of thiophene rings is 1. The van der Waals surface area contributed by atoms with Crippen molar-refractivity contribution in [1.82, 2.24) is 5.32 Å². The summed E-state index contributed by atoms with van der Waals surface area (Å²) in [7, 11) is 0. The van der Waals surface area contributed by atoms with Crippen LogP contribution in [0.1, 0.15) is 40.0 Å². The molecule has 0 saturated heterocycles. The second kappa shape index (κ2) is 6.97. The monoisotopic (exact) mass is 283 g/mol. The maximum atomic E-state index is 3.69. The zero-order chi connectivity index (χ0) is 13.0. The maximum absolute atomic E-state index is 3.69. The first kappa shape index (κ1) is 14.4. The highest BCUT2D eigenvalue weighted by atomic mass is 32.2. The predicted octanol–water partition coefficient (Wildman–Crippen LogP) is 4.64. The van der Waals surface area contributed by atoms with Crippen molar-refractivity contribution in [2.24, 2.45) is 11.8 Å². The van der Waals surface area contributed by atoms with Crippen LogP contribution < -0.4 is 5.32 Å². The van der Waals surface area contributed by atoms with E-state index in [0.29, 0.717) is 6.04 Å². The highest BCUT2D eigenvalue weighted by Crippen LogP contribution is 2.40. The van der Waals surface area contributed by atoms with Gasteiger partial charge in [0.05, 0.1) is 4.21 Å². The number of hydrogen-bond donors (Lipinski definition) is 1. The van der Waals surface area contributed by atoms with E-state index in [1.807, 2.05) is 11.3 Å². The van der Waals surface area contributed by atoms with Crippen molar-refractivity contribution < 1.29 is 0 Å². The van der Waals surface area contributed by atoms with Crippen LogP contribution in [0.2, 0.25) is 0 Å². The quantitative estimate of drug-likeness (QED) is 0.844. The summed E-state index contributed by atoms with van der Waals surface area (Å²) in [5.74, 6) is 1.75. The fourth-order valence-electron chi connectivity index (χ4n) is 2.87. The van der Waals surface area contributed by atoms with Crippen LogP contribution in [0.25, 0.3) is 0 Å². The van der Waals surface area contributed by atoms with Crippen molar-refractivity contribution in [2.75, 3.05) is 6.54 Å². The lowest BCUT2D eigenvalue weighted by molar-refractivity contribution is 0.247. The molecule has 1 saturated carbocycles. The molecule has 1 aliphatic carbocycles. The van der Waals surface area contributed by atoms with Crippen LogP contribution in [-0.2, 0) is 0 Å². The Morgan fingerprint density at radius 2 is 2.28 bits per heavy atom. The van der Waals surface area contributed by atoms with E-state index in [0.717, 1.165) is 23.6 Å². The van der Waals surface area contributed by atoms with E-state index in [4.69, 9.17) is 0 Å². The Bertz CT molecular complexity index is 334. The predicted molar refractivity (Wildman–Crippen MR) is 83.6 cm³/mol. The first-order chi connectivity index (χ1) is 8.70. The van der Waals surface area contributed by atoms with E-state index in [1.165, 1.54) is 23.5 Å². The molecular weight excluding hydrogens is 258 g/mol. The Balaban J connectivity index is 2.00. The third-order valence-electron chi connectivity index (χ3n) is 4.00. The van der Waals surface area contributed by atoms with E-state index in [9.17, 15) is 0 Å². The van der Waals surface area contributed by atoms with E-state index < -0.39 is 0 Å². The van der Waals surface area contributed by atoms with Crippen LogP contribution in [0, 0.1) is 11.8 Å². The van der Waals surface area contributed by atoms with Gasteiger partial charge >= 0.3 is 0 Å². The van der Waals surface area contributed by atoms with Gasteiger partial charge < -0.3 is 5.32 Å². The lowest BCUT2D eigenvalue weighted by atomic mass is 9.79. The van der Waals surface area contributed by atoms with E-state index >= 15 is 0 Å². The lowest BCUT2D eigenvalue weighted by Gasteiger charge is -2.37. The molecule has 1 fully saturated rings. The zero-order valence-electron chi connectivity index (χ0n) is 11.7. The van der Waals surface area contributed by atoms with Crippen molar-refractivity contribution in [3.8, 4) is 0 Å². The van der Waals surface area contributed by atoms with Gasteiger partial charge in [-0.15, -0.1) is 23.1 Å². The average molecular weight is 284 g/mol. The van der Waals surface area contributed by atoms with Gasteiger partial charge in [-0.1, -0.05) is 26.8 Å². The summed E-state index contributed by atoms with van der Waals surface area (Å²) in [6, 6.07) is 5.13. The SMILES string of the molecule is CCNC1CCC(C(C)C)CC1Sc1cccs1. The fourth-order valence-corrected chi connectivity index (χ4v) is 5.27. The number of hydrogen-bond acceptors (Lipinski definition) is 3. The molecule has 0 radical (unpaired) electrons. The maximum Gasteiger partial charge on any atom is 0.0601 e. The van der Waals surface area contributed by atoms with Crippen LogP contribution in [0.4, 0.5) is 0 Å². The van der Waals surface area contributed by atoms with Gasteiger partial charge in [-0.2, -0.15) is 0 Å². The normalized spacial score (nSPS) is 28.8. The van der Waals surface area contributed by atoms with Gasteiger partial charge in [-0.05, 0) is 49.1 Å². The molecule has 18 heavy (non-hydrogen) atoms. The molecule has 3 heteroatoms. The van der Waals surface area contributed by atoms with Gasteiger partial charge in [0, 0.05) is 11.3 Å². The molecule has 2 rings (SSSR count). The summed E-state index contributed by atoms with van der Waals surface area (Å²) in [6.07, 6.45) is 4.12. The molecule has 3 atom stereocenters. The molecular formula is C15H25NS2. The van der Waals surface area contributed by atoms with Crippen LogP contribution in [0.3, 0.4) is 0 Å². The first-order valence-electron chi connectivity index (χ1n) is 7.14. The van der Waals surface area contributed by atoms with Gasteiger partial charge in [-0.3, -0.25) is 0 Å². The molecule has 0 aromatic carbocycles. The van der Waals surface area contributed by atoms with Crippen LogP contribution in [-0.4, -0.2) is 17.8 Å². The molecule has 3 unspecified atom stereocenters. The molecule has 1 aromatic heterocycles. The Kier molecular flexibility index (Phi) is 5.58. The van der Waals surface area contributed by atoms with Gasteiger partial charge in [0.25, 0.3) is 0 Å². The Labute approximate surface area is 120 Å². The van der Waals surface area contributed by atoms with E-state index in [1.54, 1.807) is 0 Å². The molecule has 102 valence electrons. The molecule has 0 amide bonds. The van der Waals surface area contributed by atoms with Crippen molar-refractivity contribution >= 4 is 23.1 Å². The highest BCUT2D eigenvalue weighted by Gasteiger charge is 2.32. The average Bonchev–Trinajstić information content (AvgIpc) is 2.84. The molecule has 0 bridgehead atoms. The smallest absolute Gasteiger partial charge is 0.0601 e. The summed E-state index contributed by atoms with van der Waals surface area (Å²) in [6.45, 7) is 8.08. The Hall–Kier alpha value is 0.01000. The Morgan fingerprint density at radius 1 is 1.44 bits per heavy atom. The van der Waals surface area contributed by atoms with E-state index in [-0.39, 0.29) is 0 Å². The molecule has 1 aliphatic rings. The minimum Gasteiger partial charge on any atom is -0.313 e. The first-order valence-corrected chi connectivity index (χ1v) is 8.90. The molecule has 1 aromatic rings. The highest BCUT2D eigenvalue weighted by molar-refractivity contribution is 8.01. The van der Waals surface area contributed by atoms with E-state index in [2.05, 4.69) is 55.4 Å².